The van der Waals surface area contributed by atoms with Gasteiger partial charge in [-0.1, -0.05) is 64.8 Å². The van der Waals surface area contributed by atoms with E-state index in [0.717, 1.165) is 71.0 Å². The molecule has 76 heavy (non-hydrogen) atoms. The molecule has 0 radical (unpaired) electrons. The van der Waals surface area contributed by atoms with Crippen LogP contribution in [0.15, 0.2) is 60.5 Å². The van der Waals surface area contributed by atoms with Crippen molar-refractivity contribution in [3.63, 3.8) is 0 Å². The molecule has 4 atom stereocenters. The number of nitriles is 1. The van der Waals surface area contributed by atoms with E-state index in [1.54, 1.807) is 47.6 Å². The van der Waals surface area contributed by atoms with Gasteiger partial charge in [-0.25, -0.2) is 15.0 Å². The van der Waals surface area contributed by atoms with Crippen molar-refractivity contribution in [1.29, 1.82) is 5.26 Å². The van der Waals surface area contributed by atoms with Gasteiger partial charge in [0.05, 0.1) is 85.9 Å². The zero-order valence-electron chi connectivity index (χ0n) is 44.0. The number of ether oxygens (including phenoxy) is 4. The van der Waals surface area contributed by atoms with E-state index in [2.05, 4.69) is 54.1 Å². The van der Waals surface area contributed by atoms with Gasteiger partial charge < -0.3 is 55.1 Å². The van der Waals surface area contributed by atoms with E-state index in [1.807, 2.05) is 56.5 Å². The Kier molecular flexibility index (Phi) is 18.3. The fourth-order valence-electron chi connectivity index (χ4n) is 10.0. The highest BCUT2D eigenvalue weighted by Gasteiger charge is 2.45. The van der Waals surface area contributed by atoms with Crippen LogP contribution in [0.25, 0.3) is 16.1 Å². The quantitative estimate of drug-likeness (QED) is 0.0505. The first-order valence-corrected chi connectivity index (χ1v) is 26.7. The zero-order valence-corrected chi connectivity index (χ0v) is 44.8. The molecule has 0 bridgehead atoms. The van der Waals surface area contributed by atoms with Crippen molar-refractivity contribution in [2.24, 2.45) is 5.41 Å². The number of carbonyl (C=O) groups is 4. The van der Waals surface area contributed by atoms with Gasteiger partial charge in [0.15, 0.2) is 11.5 Å². The standard InChI is InChI=1S/C54H68N12O9S/c1-7-41-46-40(26-55)59-31-65(46)43-28-58-53(63-49(43)66(41)37-10-8-9-11-37)61-39-17-16-36(24-44(39)72-6)50(69)56-18-19-73-20-21-74-22-23-75-30-45(68)62-48(54(3,4)5)52(71)64-29-38(67)25-42(64)51(70)57-27-34-12-14-35(15-13-34)47-33(2)60-32-76-47/h12-17,24,28,31-32,37-38,41-42,48,67H,7-11,18-23,25,27,29-30H2,1-6H3,(H,56,69)(H,57,70)(H,62,68)(H,58,61,63)/t38-,41-,42+,48-/m1/s1. The van der Waals surface area contributed by atoms with E-state index in [1.165, 1.54) is 12.0 Å². The van der Waals surface area contributed by atoms with Gasteiger partial charge in [-0.15, -0.1) is 11.3 Å². The summed E-state index contributed by atoms with van der Waals surface area (Å²) in [6.07, 6.45) is 7.75. The zero-order chi connectivity index (χ0) is 53.9. The molecule has 0 spiro atoms. The van der Waals surface area contributed by atoms with Crippen LogP contribution in [0.1, 0.15) is 105 Å². The molecule has 3 aliphatic rings. The molecule has 5 heterocycles. The Morgan fingerprint density at radius 2 is 1.70 bits per heavy atom. The van der Waals surface area contributed by atoms with Gasteiger partial charge in [0.25, 0.3) is 5.91 Å². The van der Waals surface area contributed by atoms with E-state index in [9.17, 15) is 29.5 Å². The maximum Gasteiger partial charge on any atom is 0.251 e. The van der Waals surface area contributed by atoms with Gasteiger partial charge in [0.1, 0.15) is 42.5 Å². The Bertz CT molecular complexity index is 2870. The number of nitrogens with zero attached hydrogens (tertiary/aromatic N) is 8. The number of hydrogen-bond donors (Lipinski definition) is 5. The Morgan fingerprint density at radius 1 is 0.961 bits per heavy atom. The lowest BCUT2D eigenvalue weighted by Gasteiger charge is -2.41. The van der Waals surface area contributed by atoms with Crippen LogP contribution in [0.3, 0.4) is 0 Å². The van der Waals surface area contributed by atoms with Crippen molar-refractivity contribution in [3.8, 4) is 27.9 Å². The van der Waals surface area contributed by atoms with Gasteiger partial charge in [-0.05, 0) is 60.9 Å². The number of aryl methyl sites for hydroxylation is 1. The van der Waals surface area contributed by atoms with Gasteiger partial charge >= 0.3 is 0 Å². The first-order chi connectivity index (χ1) is 36.7. The number of aromatic nitrogens is 5. The number of aliphatic hydroxyl groups is 1. The maximum absolute atomic E-state index is 14.0. The first kappa shape index (κ1) is 55.2. The molecule has 1 saturated carbocycles. The first-order valence-electron chi connectivity index (χ1n) is 25.8. The van der Waals surface area contributed by atoms with Gasteiger partial charge in [0.2, 0.25) is 23.7 Å². The largest absolute Gasteiger partial charge is 0.495 e. The molecule has 2 fully saturated rings. The van der Waals surface area contributed by atoms with Crippen LogP contribution in [0.4, 0.5) is 17.5 Å². The maximum atomic E-state index is 14.0. The van der Waals surface area contributed by atoms with Gasteiger partial charge in [0, 0.05) is 37.7 Å². The summed E-state index contributed by atoms with van der Waals surface area (Å²) in [6.45, 7) is 10.7. The van der Waals surface area contributed by atoms with Crippen LogP contribution in [-0.2, 0) is 35.1 Å². The minimum absolute atomic E-state index is 0.0331. The van der Waals surface area contributed by atoms with Crippen molar-refractivity contribution in [2.75, 3.05) is 70.1 Å². The second-order valence-corrected chi connectivity index (χ2v) is 21.0. The van der Waals surface area contributed by atoms with E-state index in [-0.39, 0.29) is 89.6 Å². The van der Waals surface area contributed by atoms with Crippen LogP contribution in [0, 0.1) is 23.7 Å². The number of likely N-dealkylation sites (tertiary alicyclic amines) is 1. The molecule has 0 unspecified atom stereocenters. The summed E-state index contributed by atoms with van der Waals surface area (Å²) in [7, 11) is 1.53. The minimum atomic E-state index is -0.990. The molecule has 4 amide bonds. The molecule has 1 aliphatic carbocycles. The van der Waals surface area contributed by atoms with E-state index >= 15 is 0 Å². The van der Waals surface area contributed by atoms with Crippen LogP contribution in [0.5, 0.6) is 5.75 Å². The van der Waals surface area contributed by atoms with E-state index in [0.29, 0.717) is 28.6 Å². The highest BCUT2D eigenvalue weighted by Crippen LogP contribution is 2.45. The number of amides is 4. The Morgan fingerprint density at radius 3 is 2.38 bits per heavy atom. The van der Waals surface area contributed by atoms with Crippen molar-refractivity contribution < 1.29 is 43.2 Å². The molecule has 3 aromatic heterocycles. The van der Waals surface area contributed by atoms with Crippen molar-refractivity contribution in [2.45, 2.75) is 110 Å². The number of methoxy groups -OCH3 is 1. The number of imidazole rings is 1. The number of nitrogens with one attached hydrogen (secondary N) is 4. The molecular weight excluding hydrogens is 993 g/mol. The van der Waals surface area contributed by atoms with Crippen molar-refractivity contribution >= 4 is 52.4 Å². The highest BCUT2D eigenvalue weighted by molar-refractivity contribution is 7.13. The normalized spacial score (nSPS) is 17.6. The summed E-state index contributed by atoms with van der Waals surface area (Å²) < 4.78 is 24.4. The number of aliphatic hydroxyl groups excluding tert-OH is 1. The lowest BCUT2D eigenvalue weighted by atomic mass is 9.85. The Labute approximate surface area is 446 Å². The predicted molar refractivity (Wildman–Crippen MR) is 284 cm³/mol. The van der Waals surface area contributed by atoms with Crippen LogP contribution >= 0.6 is 11.3 Å². The molecule has 5 aromatic rings. The third-order valence-corrected chi connectivity index (χ3v) is 14.8. The average Bonchev–Trinajstić information content (AvgIpc) is 4.33. The molecular formula is C54H68N12O9S. The number of benzene rings is 2. The third-order valence-electron chi connectivity index (χ3n) is 13.9. The monoisotopic (exact) mass is 1060 g/mol. The van der Waals surface area contributed by atoms with Gasteiger partial charge in [-0.2, -0.15) is 10.2 Å². The number of β-amino-alcohol motifs (C(OH)–C–C–N with tert-alkyl or cyclic N) is 1. The number of carbonyl (C=O) groups excluding carboxylic acids is 4. The fourth-order valence-corrected chi connectivity index (χ4v) is 10.8. The van der Waals surface area contributed by atoms with Crippen LogP contribution < -0.4 is 30.9 Å². The van der Waals surface area contributed by atoms with Crippen LogP contribution in [-0.4, -0.2) is 142 Å². The smallest absolute Gasteiger partial charge is 0.251 e. The number of rotatable bonds is 23. The molecule has 21 nitrogen and oxygen atoms in total. The summed E-state index contributed by atoms with van der Waals surface area (Å²) in [5.74, 6) is -0.0908. The molecule has 2 aliphatic heterocycles. The average molecular weight is 1060 g/mol. The fraction of sp³-hybridized carbons (Fsp3) is 0.500. The topological polar surface area (TPSA) is 260 Å². The summed E-state index contributed by atoms with van der Waals surface area (Å²) in [4.78, 5) is 76.7. The SMILES string of the molecule is CC[C@@H]1c2c(C#N)ncn2-c2cnc(Nc3ccc(C(=O)NCCOCCOCCOCC(=O)N[C@H](C(=O)N4C[C@H](O)C[C@H]4C(=O)NCc4ccc(-c5scnc5C)cc4)C(C)(C)C)cc3OC)nc2N1C1CCCC1. The van der Waals surface area contributed by atoms with Crippen molar-refractivity contribution in [3.05, 3.63) is 88.7 Å². The third kappa shape index (κ3) is 13.0. The molecule has 404 valence electrons. The molecule has 5 N–H and O–H groups in total. The summed E-state index contributed by atoms with van der Waals surface area (Å²) in [6, 6.07) is 13.5. The molecule has 8 rings (SSSR count). The minimum Gasteiger partial charge on any atom is -0.495 e. The summed E-state index contributed by atoms with van der Waals surface area (Å²) in [5, 5.41) is 32.3. The molecule has 1 saturated heterocycles. The Hall–Kier alpha value is -7.03. The number of hydrogen-bond acceptors (Lipinski definition) is 17. The molecule has 22 heteroatoms. The highest BCUT2D eigenvalue weighted by atomic mass is 32.1. The second kappa shape index (κ2) is 25.2. The number of fused-ring (bicyclic) bond motifs is 3. The number of anilines is 3. The molecule has 2 aromatic carbocycles. The summed E-state index contributed by atoms with van der Waals surface area (Å²) >= 11 is 1.57. The lowest BCUT2D eigenvalue weighted by molar-refractivity contribution is -0.144. The van der Waals surface area contributed by atoms with Crippen LogP contribution in [0.2, 0.25) is 0 Å². The lowest BCUT2D eigenvalue weighted by Crippen LogP contribution is -2.58. The predicted octanol–water partition coefficient (Wildman–Crippen LogP) is 5.52. The van der Waals surface area contributed by atoms with Crippen molar-refractivity contribution in [1.82, 2.24) is 45.4 Å². The summed E-state index contributed by atoms with van der Waals surface area (Å²) in [5.41, 5.74) is 6.99. The van der Waals surface area contributed by atoms with Gasteiger partial charge in [-0.3, -0.25) is 23.7 Å². The number of thiazole rings is 1. The Balaban J connectivity index is 0.723. The van der Waals surface area contributed by atoms with E-state index < -0.39 is 35.4 Å². The van der Waals surface area contributed by atoms with E-state index in [4.69, 9.17) is 23.9 Å². The second-order valence-electron chi connectivity index (χ2n) is 20.1.